The molecule has 0 radical (unpaired) electrons. The summed E-state index contributed by atoms with van der Waals surface area (Å²) in [6.45, 7) is 4.36. The number of hydrogen-bond acceptors (Lipinski definition) is 8. The van der Waals surface area contributed by atoms with Crippen molar-refractivity contribution in [3.63, 3.8) is 0 Å². The Bertz CT molecular complexity index is 2170. The van der Waals surface area contributed by atoms with Crippen LogP contribution in [-0.4, -0.2) is 42.7 Å². The molecule has 55 heavy (non-hydrogen) atoms. The molecule has 0 spiro atoms. The lowest BCUT2D eigenvalue weighted by Crippen LogP contribution is -2.30. The zero-order valence-electron chi connectivity index (χ0n) is 30.9. The maximum atomic E-state index is 13.8. The molecule has 0 saturated carbocycles. The number of benzene rings is 4. The SMILES string of the molecule is CCOc1ccc(/C=C(/NC(=O)c2ccccc2)C(=O)Nc2cccc(SC(CC)C(=O)Nc3sc4c(c3C(=O)OC)CCC(c3ccccc3)C4)c2)cc1. The fourth-order valence-corrected chi connectivity index (χ4v) is 8.79. The standard InChI is InChI=1S/C44H43N3O6S2/c1-4-37(42(50)47-43-39(44(51)52-3)35-24-21-31(26-38(35)55-43)29-13-8-6-9-14-29)54-34-18-12-17-32(27-34)45-41(49)36(46-40(48)30-15-10-7-11-16-30)25-28-19-22-33(23-20-28)53-5-2/h6-20,22-23,25,27,31,37H,4-5,21,24,26H2,1-3H3,(H,45,49)(H,46,48)(H,47,50)/b36-25+. The van der Waals surface area contributed by atoms with Gasteiger partial charge < -0.3 is 25.4 Å². The van der Waals surface area contributed by atoms with Crippen molar-refractivity contribution in [3.8, 4) is 5.75 Å². The van der Waals surface area contributed by atoms with Crippen LogP contribution in [0.4, 0.5) is 10.7 Å². The fourth-order valence-electron chi connectivity index (χ4n) is 6.46. The Morgan fingerprint density at radius 2 is 1.62 bits per heavy atom. The summed E-state index contributed by atoms with van der Waals surface area (Å²) in [4.78, 5) is 55.6. The van der Waals surface area contributed by atoms with Crippen LogP contribution in [0.25, 0.3) is 6.08 Å². The van der Waals surface area contributed by atoms with Gasteiger partial charge in [0.05, 0.1) is 24.5 Å². The third kappa shape index (κ3) is 9.92. The highest BCUT2D eigenvalue weighted by molar-refractivity contribution is 8.00. The topological polar surface area (TPSA) is 123 Å². The van der Waals surface area contributed by atoms with Crippen LogP contribution in [0.3, 0.4) is 0 Å². The Balaban J connectivity index is 1.17. The lowest BCUT2D eigenvalue weighted by atomic mass is 9.83. The van der Waals surface area contributed by atoms with Gasteiger partial charge in [-0.05, 0) is 104 Å². The minimum Gasteiger partial charge on any atom is -0.494 e. The summed E-state index contributed by atoms with van der Waals surface area (Å²) in [5.74, 6) is -0.584. The number of anilines is 2. The summed E-state index contributed by atoms with van der Waals surface area (Å²) >= 11 is 2.82. The number of esters is 1. The molecule has 11 heteroatoms. The number of hydrogen-bond donors (Lipinski definition) is 3. The van der Waals surface area contributed by atoms with Crippen molar-refractivity contribution >= 4 is 63.6 Å². The number of fused-ring (bicyclic) bond motifs is 1. The van der Waals surface area contributed by atoms with Gasteiger partial charge in [0.25, 0.3) is 11.8 Å². The Hall–Kier alpha value is -5.65. The van der Waals surface area contributed by atoms with Gasteiger partial charge in [-0.15, -0.1) is 23.1 Å². The average molecular weight is 774 g/mol. The van der Waals surface area contributed by atoms with E-state index in [1.165, 1.54) is 35.8 Å². The van der Waals surface area contributed by atoms with E-state index in [1.54, 1.807) is 72.8 Å². The second kappa shape index (κ2) is 18.6. The summed E-state index contributed by atoms with van der Waals surface area (Å²) in [6.07, 6.45) is 4.55. The molecule has 3 amide bonds. The maximum absolute atomic E-state index is 13.8. The summed E-state index contributed by atoms with van der Waals surface area (Å²) in [5.41, 5.74) is 4.32. The van der Waals surface area contributed by atoms with Gasteiger partial charge in [-0.3, -0.25) is 14.4 Å². The van der Waals surface area contributed by atoms with E-state index in [0.717, 1.165) is 34.6 Å². The van der Waals surface area contributed by atoms with E-state index in [-0.39, 0.29) is 11.6 Å². The third-order valence-electron chi connectivity index (χ3n) is 9.23. The minimum atomic E-state index is -0.517. The van der Waals surface area contributed by atoms with Crippen molar-refractivity contribution in [2.75, 3.05) is 24.4 Å². The molecule has 5 aromatic rings. The second-order valence-electron chi connectivity index (χ2n) is 12.9. The molecule has 3 N–H and O–H groups in total. The average Bonchev–Trinajstić information content (AvgIpc) is 3.57. The quantitative estimate of drug-likeness (QED) is 0.0585. The first-order valence-corrected chi connectivity index (χ1v) is 19.9. The van der Waals surface area contributed by atoms with Gasteiger partial charge in [0.1, 0.15) is 16.4 Å². The van der Waals surface area contributed by atoms with E-state index >= 15 is 0 Å². The maximum Gasteiger partial charge on any atom is 0.341 e. The first-order valence-electron chi connectivity index (χ1n) is 18.2. The summed E-state index contributed by atoms with van der Waals surface area (Å²) in [7, 11) is 1.36. The van der Waals surface area contributed by atoms with Gasteiger partial charge in [0.2, 0.25) is 5.91 Å². The lowest BCUT2D eigenvalue weighted by molar-refractivity contribution is -0.116. The second-order valence-corrected chi connectivity index (χ2v) is 15.3. The number of thiophene rings is 1. The van der Waals surface area contributed by atoms with Crippen LogP contribution in [0.15, 0.2) is 120 Å². The molecule has 1 aromatic heterocycles. The molecule has 4 aromatic carbocycles. The molecule has 0 bridgehead atoms. The van der Waals surface area contributed by atoms with Crippen LogP contribution in [0.5, 0.6) is 5.75 Å². The number of thioether (sulfide) groups is 1. The molecule has 2 atom stereocenters. The van der Waals surface area contributed by atoms with Gasteiger partial charge in [0.15, 0.2) is 0 Å². The smallest absolute Gasteiger partial charge is 0.341 e. The number of nitrogens with one attached hydrogen (secondary N) is 3. The largest absolute Gasteiger partial charge is 0.494 e. The van der Waals surface area contributed by atoms with Crippen molar-refractivity contribution in [3.05, 3.63) is 148 Å². The number of carbonyl (C=O) groups excluding carboxylic acids is 4. The minimum absolute atomic E-state index is 0.0528. The van der Waals surface area contributed by atoms with E-state index in [1.807, 2.05) is 44.2 Å². The highest BCUT2D eigenvalue weighted by atomic mass is 32.2. The van der Waals surface area contributed by atoms with Crippen LogP contribution in [0.2, 0.25) is 0 Å². The molecule has 2 unspecified atom stereocenters. The molecule has 9 nitrogen and oxygen atoms in total. The highest BCUT2D eigenvalue weighted by Gasteiger charge is 2.31. The van der Waals surface area contributed by atoms with E-state index in [0.29, 0.717) is 52.1 Å². The predicted molar refractivity (Wildman–Crippen MR) is 220 cm³/mol. The van der Waals surface area contributed by atoms with Gasteiger partial charge in [0, 0.05) is 21.0 Å². The number of ether oxygens (including phenoxy) is 2. The Kier molecular flexibility index (Phi) is 13.2. The van der Waals surface area contributed by atoms with E-state index in [9.17, 15) is 19.2 Å². The molecular weight excluding hydrogens is 731 g/mol. The van der Waals surface area contributed by atoms with Crippen molar-refractivity contribution in [1.29, 1.82) is 0 Å². The number of methoxy groups -OCH3 is 1. The van der Waals surface area contributed by atoms with E-state index in [2.05, 4.69) is 28.1 Å². The van der Waals surface area contributed by atoms with Gasteiger partial charge >= 0.3 is 5.97 Å². The lowest BCUT2D eigenvalue weighted by Gasteiger charge is -2.22. The number of carbonyl (C=O) groups is 4. The summed E-state index contributed by atoms with van der Waals surface area (Å²) in [6, 6.07) is 33.5. The van der Waals surface area contributed by atoms with Crippen molar-refractivity contribution < 1.29 is 28.7 Å². The van der Waals surface area contributed by atoms with Crippen LogP contribution in [0.1, 0.15) is 74.9 Å². The highest BCUT2D eigenvalue weighted by Crippen LogP contribution is 2.43. The predicted octanol–water partition coefficient (Wildman–Crippen LogP) is 9.12. The summed E-state index contributed by atoms with van der Waals surface area (Å²) in [5, 5.41) is 8.77. The Morgan fingerprint density at radius 3 is 2.31 bits per heavy atom. The third-order valence-corrected chi connectivity index (χ3v) is 11.8. The zero-order chi connectivity index (χ0) is 38.7. The fraction of sp³-hybridized carbons (Fsp3) is 0.227. The van der Waals surface area contributed by atoms with Crippen molar-refractivity contribution in [2.45, 2.75) is 55.6 Å². The first kappa shape index (κ1) is 39.1. The molecule has 6 rings (SSSR count). The molecule has 0 fully saturated rings. The monoisotopic (exact) mass is 773 g/mol. The van der Waals surface area contributed by atoms with Crippen LogP contribution >= 0.6 is 23.1 Å². The van der Waals surface area contributed by atoms with Crippen LogP contribution in [0, 0.1) is 0 Å². The van der Waals surface area contributed by atoms with E-state index in [4.69, 9.17) is 9.47 Å². The molecule has 1 aliphatic carbocycles. The zero-order valence-corrected chi connectivity index (χ0v) is 32.6. The molecule has 1 heterocycles. The molecular formula is C44H43N3O6S2. The molecule has 0 aliphatic heterocycles. The van der Waals surface area contributed by atoms with E-state index < -0.39 is 23.0 Å². The first-order chi connectivity index (χ1) is 26.8. The van der Waals surface area contributed by atoms with Gasteiger partial charge in [-0.25, -0.2) is 4.79 Å². The molecule has 282 valence electrons. The van der Waals surface area contributed by atoms with Crippen molar-refractivity contribution in [2.24, 2.45) is 0 Å². The molecule has 1 aliphatic rings. The normalized spacial score (nSPS) is 14.2. The van der Waals surface area contributed by atoms with Gasteiger partial charge in [-0.2, -0.15) is 0 Å². The number of rotatable bonds is 14. The Morgan fingerprint density at radius 1 is 0.891 bits per heavy atom. The van der Waals surface area contributed by atoms with Crippen LogP contribution in [-0.2, 0) is 27.2 Å². The number of amides is 3. The van der Waals surface area contributed by atoms with Crippen LogP contribution < -0.4 is 20.7 Å². The Labute approximate surface area is 329 Å². The summed E-state index contributed by atoms with van der Waals surface area (Å²) < 4.78 is 10.7. The van der Waals surface area contributed by atoms with Crippen molar-refractivity contribution in [1.82, 2.24) is 5.32 Å². The molecule has 0 saturated heterocycles. The van der Waals surface area contributed by atoms with Gasteiger partial charge in [-0.1, -0.05) is 73.7 Å².